The summed E-state index contributed by atoms with van der Waals surface area (Å²) in [5.74, 6) is 0.780. The van der Waals surface area contributed by atoms with Crippen LogP contribution >= 0.6 is 0 Å². The molecule has 0 saturated heterocycles. The number of nitrogens with zero attached hydrogens (tertiary/aromatic N) is 1. The van der Waals surface area contributed by atoms with Crippen molar-refractivity contribution < 1.29 is 4.74 Å². The van der Waals surface area contributed by atoms with Crippen LogP contribution in [0, 0.1) is 0 Å². The smallest absolute Gasteiger partial charge is 0.213 e. The van der Waals surface area contributed by atoms with Gasteiger partial charge in [-0.3, -0.25) is 0 Å². The maximum absolute atomic E-state index is 5.80. The van der Waals surface area contributed by atoms with Crippen LogP contribution in [-0.4, -0.2) is 18.9 Å². The monoisotopic (exact) mass is 189 g/mol. The molecule has 1 saturated carbocycles. The van der Waals surface area contributed by atoms with Gasteiger partial charge in [0, 0.05) is 6.20 Å². The predicted molar refractivity (Wildman–Crippen MR) is 59.9 cm³/mol. The molecule has 2 rings (SSSR count). The van der Waals surface area contributed by atoms with Crippen molar-refractivity contribution in [3.8, 4) is 5.88 Å². The van der Waals surface area contributed by atoms with Crippen LogP contribution in [0.15, 0.2) is 18.3 Å². The highest BCUT2D eigenvalue weighted by Crippen LogP contribution is 2.21. The Morgan fingerprint density at radius 3 is 2.64 bits per heavy atom. The molecule has 0 spiro atoms. The quantitative estimate of drug-likeness (QED) is 0.648. The summed E-state index contributed by atoms with van der Waals surface area (Å²) in [5, 5.41) is 0. The number of ether oxygens (including phenoxy) is 1. The minimum absolute atomic E-state index is 0.402. The summed E-state index contributed by atoms with van der Waals surface area (Å²) in [6.07, 6.45) is 8.61. The predicted octanol–water partition coefficient (Wildman–Crippen LogP) is 1.05. The van der Waals surface area contributed by atoms with Gasteiger partial charge in [0.2, 0.25) is 5.88 Å². The third kappa shape index (κ3) is 2.50. The molecule has 0 aliphatic heterocycles. The van der Waals surface area contributed by atoms with Crippen molar-refractivity contribution in [2.45, 2.75) is 38.2 Å². The zero-order valence-electron chi connectivity index (χ0n) is 8.70. The van der Waals surface area contributed by atoms with E-state index in [-0.39, 0.29) is 0 Å². The number of aromatic nitrogens is 1. The summed E-state index contributed by atoms with van der Waals surface area (Å²) in [7, 11) is 2.04. The lowest BCUT2D eigenvalue weighted by atomic mass is 9.97. The Bertz CT molecular complexity index is 280. The molecular weight excluding hydrogens is 173 g/mol. The van der Waals surface area contributed by atoms with Crippen LogP contribution in [0.2, 0.25) is 0 Å². The normalized spacial score (nSPS) is 18.0. The largest absolute Gasteiger partial charge is 0.474 e. The first-order chi connectivity index (χ1) is 6.84. The van der Waals surface area contributed by atoms with Crippen LogP contribution in [-0.2, 0) is 0 Å². The van der Waals surface area contributed by atoms with Gasteiger partial charge in [-0.2, -0.15) is 0 Å². The number of pyridine rings is 1. The van der Waals surface area contributed by atoms with Crippen molar-refractivity contribution in [2.75, 3.05) is 0 Å². The number of hydrogen-bond acceptors (Lipinski definition) is 2. The number of rotatable bonds is 2. The average molecular weight is 189 g/mol. The van der Waals surface area contributed by atoms with E-state index in [4.69, 9.17) is 4.74 Å². The molecule has 1 aliphatic rings. The van der Waals surface area contributed by atoms with Gasteiger partial charge in [-0.25, -0.2) is 4.98 Å². The van der Waals surface area contributed by atoms with E-state index in [2.05, 4.69) is 4.98 Å². The highest BCUT2D eigenvalue weighted by molar-refractivity contribution is 6.32. The van der Waals surface area contributed by atoms with Crippen LogP contribution in [0.3, 0.4) is 0 Å². The van der Waals surface area contributed by atoms with E-state index in [1.807, 2.05) is 26.2 Å². The second-order valence-corrected chi connectivity index (χ2v) is 4.05. The SMILES string of the molecule is Bc1ccc(OC2CCCCC2)nc1. The molecule has 0 radical (unpaired) electrons. The molecule has 0 unspecified atom stereocenters. The molecule has 0 N–H and O–H groups in total. The van der Waals surface area contributed by atoms with E-state index in [0.717, 1.165) is 5.88 Å². The lowest BCUT2D eigenvalue weighted by Gasteiger charge is -2.22. The summed E-state index contributed by atoms with van der Waals surface area (Å²) in [6, 6.07) is 4.01. The average Bonchev–Trinajstić information content (AvgIpc) is 2.23. The van der Waals surface area contributed by atoms with Crippen LogP contribution < -0.4 is 10.2 Å². The fourth-order valence-electron chi connectivity index (χ4n) is 1.88. The lowest BCUT2D eigenvalue weighted by Crippen LogP contribution is -2.20. The van der Waals surface area contributed by atoms with E-state index in [1.165, 1.54) is 37.6 Å². The van der Waals surface area contributed by atoms with E-state index in [9.17, 15) is 0 Å². The molecular formula is C11H16BNO. The van der Waals surface area contributed by atoms with E-state index in [1.54, 1.807) is 0 Å². The molecule has 3 heteroatoms. The molecule has 0 atom stereocenters. The van der Waals surface area contributed by atoms with Gasteiger partial charge in [0.25, 0.3) is 0 Å². The van der Waals surface area contributed by atoms with Gasteiger partial charge in [-0.15, -0.1) is 0 Å². The molecule has 0 aromatic carbocycles. The number of hydrogen-bond donors (Lipinski definition) is 0. The van der Waals surface area contributed by atoms with Gasteiger partial charge < -0.3 is 4.74 Å². The highest BCUT2D eigenvalue weighted by Gasteiger charge is 2.14. The van der Waals surface area contributed by atoms with E-state index in [0.29, 0.717) is 6.10 Å². The molecule has 2 nitrogen and oxygen atoms in total. The molecule has 1 heterocycles. The van der Waals surface area contributed by atoms with E-state index >= 15 is 0 Å². The summed E-state index contributed by atoms with van der Waals surface area (Å²) in [6.45, 7) is 0. The Hall–Kier alpha value is -0.985. The first kappa shape index (κ1) is 9.57. The first-order valence-electron chi connectivity index (χ1n) is 5.44. The van der Waals surface area contributed by atoms with Crippen molar-refractivity contribution in [3.63, 3.8) is 0 Å². The minimum atomic E-state index is 0.402. The lowest BCUT2D eigenvalue weighted by molar-refractivity contribution is 0.149. The fraction of sp³-hybridized carbons (Fsp3) is 0.545. The van der Waals surface area contributed by atoms with Crippen molar-refractivity contribution in [1.29, 1.82) is 0 Å². The van der Waals surface area contributed by atoms with Gasteiger partial charge in [0.05, 0.1) is 0 Å². The fourth-order valence-corrected chi connectivity index (χ4v) is 1.88. The molecule has 0 bridgehead atoms. The topological polar surface area (TPSA) is 22.1 Å². The van der Waals surface area contributed by atoms with Gasteiger partial charge in [-0.1, -0.05) is 17.9 Å². The van der Waals surface area contributed by atoms with Gasteiger partial charge in [-0.05, 0) is 31.7 Å². The van der Waals surface area contributed by atoms with Crippen molar-refractivity contribution >= 4 is 13.3 Å². The summed E-state index contributed by atoms with van der Waals surface area (Å²) in [4.78, 5) is 4.25. The van der Waals surface area contributed by atoms with E-state index < -0.39 is 0 Å². The second kappa shape index (κ2) is 4.49. The van der Waals surface area contributed by atoms with Crippen molar-refractivity contribution in [2.24, 2.45) is 0 Å². The summed E-state index contributed by atoms with van der Waals surface area (Å²) < 4.78 is 5.80. The zero-order valence-corrected chi connectivity index (χ0v) is 8.70. The van der Waals surface area contributed by atoms with Crippen LogP contribution in [0.4, 0.5) is 0 Å². The molecule has 1 fully saturated rings. The van der Waals surface area contributed by atoms with Crippen LogP contribution in [0.5, 0.6) is 5.88 Å². The molecule has 1 aromatic heterocycles. The van der Waals surface area contributed by atoms with Gasteiger partial charge in [0.15, 0.2) is 0 Å². The van der Waals surface area contributed by atoms with Gasteiger partial charge in [0.1, 0.15) is 14.0 Å². The third-order valence-corrected chi connectivity index (χ3v) is 2.72. The summed E-state index contributed by atoms with van der Waals surface area (Å²) >= 11 is 0. The molecule has 1 aliphatic carbocycles. The molecule has 14 heavy (non-hydrogen) atoms. The summed E-state index contributed by atoms with van der Waals surface area (Å²) in [5.41, 5.74) is 1.18. The zero-order chi connectivity index (χ0) is 9.80. The Balaban J connectivity index is 1.92. The standard InChI is InChI=1S/C11H16BNO/c12-9-6-7-11(13-8-9)14-10-4-2-1-3-5-10/h6-8,10H,1-5,12H2. The van der Waals surface area contributed by atoms with Gasteiger partial charge >= 0.3 is 0 Å². The molecule has 74 valence electrons. The Kier molecular flexibility index (Phi) is 3.07. The maximum Gasteiger partial charge on any atom is 0.213 e. The van der Waals surface area contributed by atoms with Crippen LogP contribution in [0.25, 0.3) is 0 Å². The second-order valence-electron chi connectivity index (χ2n) is 4.05. The first-order valence-corrected chi connectivity index (χ1v) is 5.44. The molecule has 0 amide bonds. The maximum atomic E-state index is 5.80. The van der Waals surface area contributed by atoms with Crippen LogP contribution in [0.1, 0.15) is 32.1 Å². The molecule has 1 aromatic rings. The highest BCUT2D eigenvalue weighted by atomic mass is 16.5. The Morgan fingerprint density at radius 1 is 1.21 bits per heavy atom. The Morgan fingerprint density at radius 2 is 2.00 bits per heavy atom. The third-order valence-electron chi connectivity index (χ3n) is 2.72. The van der Waals surface area contributed by atoms with Crippen molar-refractivity contribution in [3.05, 3.63) is 18.3 Å². The minimum Gasteiger partial charge on any atom is -0.474 e. The Labute approximate surface area is 86.1 Å². The van der Waals surface area contributed by atoms with Crippen molar-refractivity contribution in [1.82, 2.24) is 4.98 Å².